The second-order valence-corrected chi connectivity index (χ2v) is 5.59. The molecule has 1 aromatic rings. The van der Waals surface area contributed by atoms with Crippen molar-refractivity contribution < 1.29 is 4.79 Å². The van der Waals surface area contributed by atoms with Crippen LogP contribution >= 0.6 is 11.6 Å². The van der Waals surface area contributed by atoms with Gasteiger partial charge in [-0.1, -0.05) is 31.4 Å². The number of hydrogen-bond acceptors (Lipinski definition) is 2. The molecule has 3 nitrogen and oxygen atoms in total. The topological polar surface area (TPSA) is 55.1 Å². The van der Waals surface area contributed by atoms with Gasteiger partial charge in [0.2, 0.25) is 0 Å². The number of rotatable bonds is 2. The van der Waals surface area contributed by atoms with Gasteiger partial charge in [0, 0.05) is 11.7 Å². The van der Waals surface area contributed by atoms with Crippen LogP contribution in [0.1, 0.15) is 43.0 Å². The molecule has 2 rings (SSSR count). The lowest BCUT2D eigenvalue weighted by atomic mass is 9.87. The highest BCUT2D eigenvalue weighted by atomic mass is 35.5. The molecule has 3 N–H and O–H groups in total. The van der Waals surface area contributed by atoms with Crippen LogP contribution in [0.2, 0.25) is 5.02 Å². The molecule has 18 heavy (non-hydrogen) atoms. The normalized spacial score (nSPS) is 23.7. The van der Waals surface area contributed by atoms with Gasteiger partial charge in [0.05, 0.1) is 10.6 Å². The average Bonchev–Trinajstić information content (AvgIpc) is 2.32. The SMILES string of the molecule is CC1CCCC(NC(=O)c2cc(N)ccc2Cl)C1. The molecule has 2 unspecified atom stereocenters. The lowest BCUT2D eigenvalue weighted by molar-refractivity contribution is 0.0921. The zero-order valence-electron chi connectivity index (χ0n) is 10.6. The first-order chi connectivity index (χ1) is 8.56. The van der Waals surface area contributed by atoms with E-state index in [1.807, 2.05) is 0 Å². The van der Waals surface area contributed by atoms with E-state index in [0.29, 0.717) is 22.2 Å². The summed E-state index contributed by atoms with van der Waals surface area (Å²) in [6.45, 7) is 2.23. The zero-order chi connectivity index (χ0) is 13.1. The van der Waals surface area contributed by atoms with Crippen LogP contribution in [0.15, 0.2) is 18.2 Å². The number of amides is 1. The van der Waals surface area contributed by atoms with E-state index in [1.165, 1.54) is 12.8 Å². The smallest absolute Gasteiger partial charge is 0.253 e. The fourth-order valence-corrected chi connectivity index (χ4v) is 2.75. The molecule has 1 saturated carbocycles. The third-order valence-corrected chi connectivity index (χ3v) is 3.84. The Morgan fingerprint density at radius 3 is 2.94 bits per heavy atom. The number of nitrogen functional groups attached to an aromatic ring is 1. The van der Waals surface area contributed by atoms with Gasteiger partial charge in [-0.2, -0.15) is 0 Å². The molecule has 0 radical (unpaired) electrons. The molecular formula is C14H19ClN2O. The molecular weight excluding hydrogens is 248 g/mol. The number of hydrogen-bond donors (Lipinski definition) is 2. The van der Waals surface area contributed by atoms with Gasteiger partial charge in [0.25, 0.3) is 5.91 Å². The van der Waals surface area contributed by atoms with E-state index in [4.69, 9.17) is 17.3 Å². The summed E-state index contributed by atoms with van der Waals surface area (Å²) in [7, 11) is 0. The summed E-state index contributed by atoms with van der Waals surface area (Å²) >= 11 is 6.02. The Labute approximate surface area is 113 Å². The molecule has 1 aliphatic carbocycles. The summed E-state index contributed by atoms with van der Waals surface area (Å²) in [6, 6.07) is 5.25. The molecule has 0 bridgehead atoms. The summed E-state index contributed by atoms with van der Waals surface area (Å²) in [5.41, 5.74) is 6.71. The average molecular weight is 267 g/mol. The van der Waals surface area contributed by atoms with Gasteiger partial charge in [-0.05, 0) is 37.0 Å². The van der Waals surface area contributed by atoms with Crippen molar-refractivity contribution in [1.82, 2.24) is 5.32 Å². The maximum atomic E-state index is 12.1. The first-order valence-electron chi connectivity index (χ1n) is 6.42. The Morgan fingerprint density at radius 2 is 2.22 bits per heavy atom. The second-order valence-electron chi connectivity index (χ2n) is 5.18. The van der Waals surface area contributed by atoms with Crippen molar-refractivity contribution in [3.63, 3.8) is 0 Å². The Hall–Kier alpha value is -1.22. The van der Waals surface area contributed by atoms with Gasteiger partial charge in [-0.15, -0.1) is 0 Å². The molecule has 0 spiro atoms. The van der Waals surface area contributed by atoms with E-state index < -0.39 is 0 Å². The summed E-state index contributed by atoms with van der Waals surface area (Å²) in [6.07, 6.45) is 4.53. The minimum absolute atomic E-state index is 0.119. The quantitative estimate of drug-likeness (QED) is 0.808. The van der Waals surface area contributed by atoms with Crippen molar-refractivity contribution in [2.45, 2.75) is 38.6 Å². The minimum Gasteiger partial charge on any atom is -0.399 e. The van der Waals surface area contributed by atoms with Crippen molar-refractivity contribution in [3.8, 4) is 0 Å². The maximum absolute atomic E-state index is 12.1. The Balaban J connectivity index is 2.05. The Kier molecular flexibility index (Phi) is 4.12. The van der Waals surface area contributed by atoms with E-state index in [0.717, 1.165) is 12.8 Å². The van der Waals surface area contributed by atoms with Crippen LogP contribution in [0.4, 0.5) is 5.69 Å². The largest absolute Gasteiger partial charge is 0.399 e. The maximum Gasteiger partial charge on any atom is 0.253 e. The third-order valence-electron chi connectivity index (χ3n) is 3.51. The Morgan fingerprint density at radius 1 is 1.44 bits per heavy atom. The molecule has 0 heterocycles. The highest BCUT2D eigenvalue weighted by Gasteiger charge is 2.21. The predicted molar refractivity (Wildman–Crippen MR) is 74.8 cm³/mol. The van der Waals surface area contributed by atoms with Crippen LogP contribution < -0.4 is 11.1 Å². The number of anilines is 1. The van der Waals surface area contributed by atoms with Crippen molar-refractivity contribution in [1.29, 1.82) is 0 Å². The fraction of sp³-hybridized carbons (Fsp3) is 0.500. The monoisotopic (exact) mass is 266 g/mol. The summed E-state index contributed by atoms with van der Waals surface area (Å²) in [5.74, 6) is 0.562. The first-order valence-corrected chi connectivity index (χ1v) is 6.80. The number of carbonyl (C=O) groups excluding carboxylic acids is 1. The number of nitrogens with two attached hydrogens (primary N) is 1. The minimum atomic E-state index is -0.119. The highest BCUT2D eigenvalue weighted by molar-refractivity contribution is 6.34. The molecule has 1 amide bonds. The standard InChI is InChI=1S/C14H19ClN2O/c1-9-3-2-4-11(7-9)17-14(18)12-8-10(16)5-6-13(12)15/h5-6,8-9,11H,2-4,7,16H2,1H3,(H,17,18). The molecule has 2 atom stereocenters. The van der Waals surface area contributed by atoms with Crippen LogP contribution in [0, 0.1) is 5.92 Å². The molecule has 1 aliphatic rings. The van der Waals surface area contributed by atoms with Crippen molar-refractivity contribution >= 4 is 23.2 Å². The summed E-state index contributed by atoms with van der Waals surface area (Å²) < 4.78 is 0. The fourth-order valence-electron chi connectivity index (χ4n) is 2.55. The van der Waals surface area contributed by atoms with Gasteiger partial charge in [0.1, 0.15) is 0 Å². The first kappa shape index (κ1) is 13.2. The number of benzene rings is 1. The van der Waals surface area contributed by atoms with Crippen molar-refractivity contribution in [2.24, 2.45) is 5.92 Å². The van der Waals surface area contributed by atoms with Crippen LogP contribution in [0.25, 0.3) is 0 Å². The number of nitrogens with one attached hydrogen (secondary N) is 1. The highest BCUT2D eigenvalue weighted by Crippen LogP contribution is 2.25. The van der Waals surface area contributed by atoms with Crippen LogP contribution in [0.3, 0.4) is 0 Å². The lowest BCUT2D eigenvalue weighted by Crippen LogP contribution is -2.38. The molecule has 0 saturated heterocycles. The predicted octanol–water partition coefficient (Wildman–Crippen LogP) is 3.23. The molecule has 98 valence electrons. The van der Waals surface area contributed by atoms with Gasteiger partial charge >= 0.3 is 0 Å². The summed E-state index contributed by atoms with van der Waals surface area (Å²) in [4.78, 5) is 12.1. The molecule has 0 aliphatic heterocycles. The van der Waals surface area contributed by atoms with Crippen LogP contribution in [-0.4, -0.2) is 11.9 Å². The van der Waals surface area contributed by atoms with E-state index in [-0.39, 0.29) is 11.9 Å². The van der Waals surface area contributed by atoms with Crippen LogP contribution in [-0.2, 0) is 0 Å². The van der Waals surface area contributed by atoms with E-state index in [9.17, 15) is 4.79 Å². The van der Waals surface area contributed by atoms with Crippen molar-refractivity contribution in [3.05, 3.63) is 28.8 Å². The van der Waals surface area contributed by atoms with Gasteiger partial charge < -0.3 is 11.1 Å². The number of halogens is 1. The zero-order valence-corrected chi connectivity index (χ0v) is 11.3. The van der Waals surface area contributed by atoms with Gasteiger partial charge in [-0.3, -0.25) is 4.79 Å². The van der Waals surface area contributed by atoms with E-state index in [2.05, 4.69) is 12.2 Å². The number of carbonyl (C=O) groups is 1. The van der Waals surface area contributed by atoms with E-state index >= 15 is 0 Å². The summed E-state index contributed by atoms with van der Waals surface area (Å²) in [5, 5.41) is 3.50. The van der Waals surface area contributed by atoms with Crippen LogP contribution in [0.5, 0.6) is 0 Å². The van der Waals surface area contributed by atoms with E-state index in [1.54, 1.807) is 18.2 Å². The third kappa shape index (κ3) is 3.16. The van der Waals surface area contributed by atoms with Crippen molar-refractivity contribution in [2.75, 3.05) is 5.73 Å². The molecule has 1 aromatic carbocycles. The van der Waals surface area contributed by atoms with Gasteiger partial charge in [-0.25, -0.2) is 0 Å². The second kappa shape index (κ2) is 5.61. The van der Waals surface area contributed by atoms with Gasteiger partial charge in [0.15, 0.2) is 0 Å². The lowest BCUT2D eigenvalue weighted by Gasteiger charge is -2.27. The molecule has 0 aromatic heterocycles. The Bertz CT molecular complexity index is 447. The molecule has 4 heteroatoms. The molecule has 1 fully saturated rings.